The molecule has 0 aromatic heterocycles. The summed E-state index contributed by atoms with van der Waals surface area (Å²) < 4.78 is 10.6. The fraction of sp³-hybridized carbons (Fsp3) is 0.316. The number of guanidine groups is 1. The summed E-state index contributed by atoms with van der Waals surface area (Å²) in [5.74, 6) is 1.92. The molecule has 0 bridgehead atoms. The van der Waals surface area contributed by atoms with Crippen molar-refractivity contribution in [1.29, 1.82) is 0 Å². The number of benzene rings is 2. The van der Waals surface area contributed by atoms with E-state index in [1.54, 1.807) is 14.2 Å². The van der Waals surface area contributed by atoms with Gasteiger partial charge in [0, 0.05) is 11.3 Å². The molecule has 6 heteroatoms. The second-order valence-electron chi connectivity index (χ2n) is 5.84. The van der Waals surface area contributed by atoms with Crippen molar-refractivity contribution in [3.8, 4) is 11.5 Å². The van der Waals surface area contributed by atoms with E-state index in [0.717, 1.165) is 29.2 Å². The number of rotatable bonds is 5. The van der Waals surface area contributed by atoms with E-state index in [-0.39, 0.29) is 24.0 Å². The summed E-state index contributed by atoms with van der Waals surface area (Å²) >= 11 is 0. The maximum Gasteiger partial charge on any atom is 0.193 e. The van der Waals surface area contributed by atoms with Gasteiger partial charge in [0.15, 0.2) is 5.96 Å². The first-order chi connectivity index (χ1) is 11.7. The number of halogens is 1. The number of nitrogens with two attached hydrogens (primary N) is 1. The summed E-state index contributed by atoms with van der Waals surface area (Å²) in [5.41, 5.74) is 10.8. The summed E-state index contributed by atoms with van der Waals surface area (Å²) in [6.45, 7) is 0.421. The number of hydrogen-bond donors (Lipinski definition) is 2. The predicted molar refractivity (Wildman–Crippen MR) is 112 cm³/mol. The zero-order valence-electron chi connectivity index (χ0n) is 14.5. The van der Waals surface area contributed by atoms with Crippen molar-refractivity contribution in [3.05, 3.63) is 53.1 Å². The monoisotopic (exact) mass is 453 g/mol. The quantitative estimate of drug-likeness (QED) is 0.411. The molecule has 0 saturated heterocycles. The fourth-order valence-electron chi connectivity index (χ4n) is 3.01. The van der Waals surface area contributed by atoms with E-state index in [2.05, 4.69) is 28.5 Å². The van der Waals surface area contributed by atoms with Crippen LogP contribution >= 0.6 is 24.0 Å². The van der Waals surface area contributed by atoms with Crippen molar-refractivity contribution in [2.75, 3.05) is 19.5 Å². The highest BCUT2D eigenvalue weighted by Crippen LogP contribution is 2.26. The van der Waals surface area contributed by atoms with Crippen LogP contribution in [-0.4, -0.2) is 20.2 Å². The van der Waals surface area contributed by atoms with E-state index >= 15 is 0 Å². The van der Waals surface area contributed by atoms with Gasteiger partial charge in [0.05, 0.1) is 20.8 Å². The lowest BCUT2D eigenvalue weighted by Crippen LogP contribution is -2.22. The van der Waals surface area contributed by atoms with Gasteiger partial charge in [-0.1, -0.05) is 6.07 Å². The van der Waals surface area contributed by atoms with Crippen LogP contribution in [0.4, 0.5) is 5.69 Å². The van der Waals surface area contributed by atoms with Crippen LogP contribution in [0.25, 0.3) is 0 Å². The summed E-state index contributed by atoms with van der Waals surface area (Å²) in [6, 6.07) is 12.0. The number of nitrogens with one attached hydrogen (secondary N) is 1. The average Bonchev–Trinajstić information content (AvgIpc) is 3.07. The van der Waals surface area contributed by atoms with Crippen molar-refractivity contribution < 1.29 is 9.47 Å². The molecule has 0 spiro atoms. The molecule has 0 unspecified atom stereocenters. The Morgan fingerprint density at radius 2 is 1.88 bits per heavy atom. The third-order valence-electron chi connectivity index (χ3n) is 4.28. The van der Waals surface area contributed by atoms with E-state index < -0.39 is 0 Å². The van der Waals surface area contributed by atoms with Gasteiger partial charge in [-0.25, -0.2) is 4.99 Å². The van der Waals surface area contributed by atoms with Crippen LogP contribution in [0, 0.1) is 0 Å². The van der Waals surface area contributed by atoms with Crippen molar-refractivity contribution in [2.45, 2.75) is 25.8 Å². The molecule has 5 nitrogen and oxygen atoms in total. The van der Waals surface area contributed by atoms with E-state index in [4.69, 9.17) is 15.2 Å². The van der Waals surface area contributed by atoms with E-state index in [9.17, 15) is 0 Å². The van der Waals surface area contributed by atoms with Gasteiger partial charge in [-0.05, 0) is 60.7 Å². The molecule has 2 aromatic rings. The van der Waals surface area contributed by atoms with Gasteiger partial charge in [0.1, 0.15) is 11.5 Å². The Labute approximate surface area is 165 Å². The van der Waals surface area contributed by atoms with Crippen molar-refractivity contribution in [1.82, 2.24) is 0 Å². The summed E-state index contributed by atoms with van der Waals surface area (Å²) in [7, 11) is 3.28. The second-order valence-corrected chi connectivity index (χ2v) is 5.84. The third-order valence-corrected chi connectivity index (χ3v) is 4.28. The molecule has 134 valence electrons. The van der Waals surface area contributed by atoms with Gasteiger partial charge in [0.25, 0.3) is 0 Å². The summed E-state index contributed by atoms with van der Waals surface area (Å²) in [5, 5.41) is 3.16. The van der Waals surface area contributed by atoms with Gasteiger partial charge in [-0.2, -0.15) is 0 Å². The molecule has 0 amide bonds. The minimum atomic E-state index is 0. The van der Waals surface area contributed by atoms with E-state index in [1.165, 1.54) is 24.0 Å². The highest BCUT2D eigenvalue weighted by atomic mass is 127. The lowest BCUT2D eigenvalue weighted by atomic mass is 10.1. The lowest BCUT2D eigenvalue weighted by molar-refractivity contribution is 0.399. The van der Waals surface area contributed by atoms with Crippen LogP contribution in [0.15, 0.2) is 41.4 Å². The first-order valence-electron chi connectivity index (χ1n) is 8.09. The number of methoxy groups -OCH3 is 2. The Hall–Kier alpha value is -1.96. The minimum Gasteiger partial charge on any atom is -0.497 e. The molecular weight excluding hydrogens is 429 g/mol. The first-order valence-corrected chi connectivity index (χ1v) is 8.09. The predicted octanol–water partition coefficient (Wildman–Crippen LogP) is 3.74. The zero-order valence-corrected chi connectivity index (χ0v) is 16.9. The zero-order chi connectivity index (χ0) is 16.9. The van der Waals surface area contributed by atoms with Crippen molar-refractivity contribution in [2.24, 2.45) is 10.7 Å². The van der Waals surface area contributed by atoms with Crippen LogP contribution in [0.2, 0.25) is 0 Å². The minimum absolute atomic E-state index is 0. The number of ether oxygens (including phenoxy) is 2. The maximum absolute atomic E-state index is 6.03. The highest BCUT2D eigenvalue weighted by molar-refractivity contribution is 14.0. The molecule has 0 heterocycles. The van der Waals surface area contributed by atoms with Crippen LogP contribution in [-0.2, 0) is 19.4 Å². The Morgan fingerprint density at radius 1 is 1.08 bits per heavy atom. The average molecular weight is 453 g/mol. The Kier molecular flexibility index (Phi) is 6.92. The van der Waals surface area contributed by atoms with Crippen LogP contribution in [0.3, 0.4) is 0 Å². The van der Waals surface area contributed by atoms with Gasteiger partial charge in [-0.15, -0.1) is 24.0 Å². The van der Waals surface area contributed by atoms with Crippen LogP contribution < -0.4 is 20.5 Å². The molecule has 0 atom stereocenters. The van der Waals surface area contributed by atoms with Gasteiger partial charge in [-0.3, -0.25) is 0 Å². The molecule has 0 saturated carbocycles. The van der Waals surface area contributed by atoms with Gasteiger partial charge >= 0.3 is 0 Å². The van der Waals surface area contributed by atoms with Gasteiger partial charge < -0.3 is 20.5 Å². The highest BCUT2D eigenvalue weighted by Gasteiger charge is 2.11. The topological polar surface area (TPSA) is 68.9 Å². The number of nitrogens with zero attached hydrogens (tertiary/aromatic N) is 1. The molecule has 0 fully saturated rings. The molecular formula is C19H24IN3O2. The molecule has 25 heavy (non-hydrogen) atoms. The summed E-state index contributed by atoms with van der Waals surface area (Å²) in [4.78, 5) is 4.42. The number of anilines is 1. The molecule has 0 aliphatic heterocycles. The van der Waals surface area contributed by atoms with E-state index in [1.807, 2.05) is 18.2 Å². The van der Waals surface area contributed by atoms with Crippen LogP contribution in [0.1, 0.15) is 23.1 Å². The third kappa shape index (κ3) is 4.78. The second kappa shape index (κ2) is 8.94. The van der Waals surface area contributed by atoms with Crippen LogP contribution in [0.5, 0.6) is 11.5 Å². The number of aliphatic imine (C=N–C) groups is 1. The van der Waals surface area contributed by atoms with Crippen molar-refractivity contribution in [3.63, 3.8) is 0 Å². The Bertz CT molecular complexity index is 762. The molecule has 3 rings (SSSR count). The molecule has 0 radical (unpaired) electrons. The largest absolute Gasteiger partial charge is 0.497 e. The summed E-state index contributed by atoms with van der Waals surface area (Å²) in [6.07, 6.45) is 3.55. The normalized spacial score (nSPS) is 13.0. The number of aryl methyl sites for hydroxylation is 2. The number of fused-ring (bicyclic) bond motifs is 1. The van der Waals surface area contributed by atoms with E-state index in [0.29, 0.717) is 12.5 Å². The fourth-order valence-corrected chi connectivity index (χ4v) is 3.01. The smallest absolute Gasteiger partial charge is 0.193 e. The maximum atomic E-state index is 6.03. The molecule has 1 aliphatic carbocycles. The Morgan fingerprint density at radius 3 is 2.64 bits per heavy atom. The number of hydrogen-bond acceptors (Lipinski definition) is 3. The SMILES string of the molecule is COc1ccc(OC)c(CN=C(N)Nc2ccc3c(c2)CCC3)c1.I. The Balaban J connectivity index is 0.00000225. The first kappa shape index (κ1) is 19.4. The van der Waals surface area contributed by atoms with Gasteiger partial charge in [0.2, 0.25) is 0 Å². The van der Waals surface area contributed by atoms with Crippen molar-refractivity contribution >= 4 is 35.6 Å². The molecule has 3 N–H and O–H groups in total. The molecule has 2 aromatic carbocycles. The lowest BCUT2D eigenvalue weighted by Gasteiger charge is -2.10. The standard InChI is InChI=1S/C19H23N3O2.HI/c1-23-17-8-9-18(24-2)15(11-17)12-21-19(20)22-16-7-6-13-4-3-5-14(13)10-16;/h6-11H,3-5,12H2,1-2H3,(H3,20,21,22);1H. The molecule has 1 aliphatic rings.